The van der Waals surface area contributed by atoms with Gasteiger partial charge in [0.25, 0.3) is 0 Å². The van der Waals surface area contributed by atoms with E-state index in [9.17, 15) is 9.59 Å². The van der Waals surface area contributed by atoms with Gasteiger partial charge in [0.2, 0.25) is 11.8 Å². The minimum absolute atomic E-state index is 0.0602. The Morgan fingerprint density at radius 3 is 2.81 bits per heavy atom. The summed E-state index contributed by atoms with van der Waals surface area (Å²) in [6.45, 7) is 3.82. The first kappa shape index (κ1) is 17.5. The summed E-state index contributed by atoms with van der Waals surface area (Å²) < 4.78 is 0. The lowest BCUT2D eigenvalue weighted by Crippen LogP contribution is -2.35. The summed E-state index contributed by atoms with van der Waals surface area (Å²) in [5.41, 5.74) is 5.79. The quantitative estimate of drug-likeness (QED) is 0.880. The Morgan fingerprint density at radius 1 is 1.15 bits per heavy atom. The van der Waals surface area contributed by atoms with Crippen molar-refractivity contribution in [1.82, 2.24) is 15.5 Å². The lowest BCUT2D eigenvalue weighted by atomic mass is 9.93. The predicted molar refractivity (Wildman–Crippen MR) is 104 cm³/mol. The smallest absolute Gasteiger partial charge is 0.223 e. The molecule has 0 spiro atoms. The summed E-state index contributed by atoms with van der Waals surface area (Å²) in [5.74, 6) is -0.125. The van der Waals surface area contributed by atoms with Crippen molar-refractivity contribution in [2.24, 2.45) is 0 Å². The van der Waals surface area contributed by atoms with Crippen molar-refractivity contribution in [3.63, 3.8) is 0 Å². The van der Waals surface area contributed by atoms with Gasteiger partial charge < -0.3 is 15.5 Å². The number of carbonyl (C=O) groups is 2. The zero-order chi connectivity index (χ0) is 18.8. The minimum atomic E-state index is -0.270. The van der Waals surface area contributed by atoms with Crippen molar-refractivity contribution in [2.75, 3.05) is 0 Å². The van der Waals surface area contributed by atoms with Gasteiger partial charge in [-0.25, -0.2) is 0 Å². The van der Waals surface area contributed by atoms with Crippen molar-refractivity contribution >= 4 is 17.9 Å². The molecule has 0 saturated heterocycles. The molecular formula is C22H23N3O2. The van der Waals surface area contributed by atoms with Gasteiger partial charge in [-0.2, -0.15) is 0 Å². The van der Waals surface area contributed by atoms with Crippen LogP contribution in [0.25, 0.3) is 6.08 Å². The van der Waals surface area contributed by atoms with Gasteiger partial charge in [0.05, 0.1) is 12.5 Å². The predicted octanol–water partition coefficient (Wildman–Crippen LogP) is 2.87. The summed E-state index contributed by atoms with van der Waals surface area (Å²) in [6.07, 6.45) is 3.94. The zero-order valence-electron chi connectivity index (χ0n) is 15.4. The van der Waals surface area contributed by atoms with Crippen LogP contribution in [0.3, 0.4) is 0 Å². The monoisotopic (exact) mass is 361 g/mol. The van der Waals surface area contributed by atoms with Crippen molar-refractivity contribution in [1.29, 1.82) is 0 Å². The third-order valence-electron chi connectivity index (χ3n) is 5.24. The SMILES string of the molecule is CC(=O)N1C=Cc2ccccc2C1CC(=O)NCc1ccc2c(c1)CNC2. The number of carbonyl (C=O) groups excluding carboxylic acids is 2. The maximum Gasteiger partial charge on any atom is 0.223 e. The molecule has 2 amide bonds. The molecule has 1 atom stereocenters. The Balaban J connectivity index is 1.44. The van der Waals surface area contributed by atoms with Crippen LogP contribution in [-0.2, 0) is 29.2 Å². The highest BCUT2D eigenvalue weighted by atomic mass is 16.2. The van der Waals surface area contributed by atoms with Crippen molar-refractivity contribution in [2.45, 2.75) is 39.0 Å². The fourth-order valence-corrected chi connectivity index (χ4v) is 3.82. The second-order valence-corrected chi connectivity index (χ2v) is 7.07. The largest absolute Gasteiger partial charge is 0.352 e. The average molecular weight is 361 g/mol. The Bertz CT molecular complexity index is 920. The normalized spacial score (nSPS) is 17.4. The highest BCUT2D eigenvalue weighted by Crippen LogP contribution is 2.32. The fourth-order valence-electron chi connectivity index (χ4n) is 3.82. The summed E-state index contributed by atoms with van der Waals surface area (Å²) in [5, 5.41) is 6.33. The number of hydrogen-bond donors (Lipinski definition) is 2. The molecule has 27 heavy (non-hydrogen) atoms. The maximum absolute atomic E-state index is 12.6. The van der Waals surface area contributed by atoms with Gasteiger partial charge in [0, 0.05) is 32.8 Å². The molecule has 138 valence electrons. The molecular weight excluding hydrogens is 338 g/mol. The molecule has 2 aromatic carbocycles. The van der Waals surface area contributed by atoms with E-state index in [0.29, 0.717) is 6.54 Å². The van der Waals surface area contributed by atoms with Crippen molar-refractivity contribution in [3.05, 3.63) is 76.5 Å². The van der Waals surface area contributed by atoms with E-state index < -0.39 is 0 Å². The van der Waals surface area contributed by atoms with E-state index in [-0.39, 0.29) is 24.3 Å². The van der Waals surface area contributed by atoms with Gasteiger partial charge in [0.15, 0.2) is 0 Å². The van der Waals surface area contributed by atoms with Crippen LogP contribution in [0, 0.1) is 0 Å². The molecule has 0 fully saturated rings. The van der Waals surface area contributed by atoms with E-state index in [1.54, 1.807) is 11.1 Å². The highest BCUT2D eigenvalue weighted by molar-refractivity contribution is 5.81. The van der Waals surface area contributed by atoms with Crippen molar-refractivity contribution < 1.29 is 9.59 Å². The number of nitrogens with zero attached hydrogens (tertiary/aromatic N) is 1. The third-order valence-corrected chi connectivity index (χ3v) is 5.24. The molecule has 0 aromatic heterocycles. The lowest BCUT2D eigenvalue weighted by molar-refractivity contribution is -0.130. The minimum Gasteiger partial charge on any atom is -0.352 e. The van der Waals surface area contributed by atoms with Gasteiger partial charge in [-0.3, -0.25) is 9.59 Å². The second-order valence-electron chi connectivity index (χ2n) is 7.07. The van der Waals surface area contributed by atoms with Gasteiger partial charge in [0.1, 0.15) is 0 Å². The first-order chi connectivity index (χ1) is 13.1. The Hall–Kier alpha value is -2.92. The first-order valence-electron chi connectivity index (χ1n) is 9.26. The average Bonchev–Trinajstić information content (AvgIpc) is 3.14. The van der Waals surface area contributed by atoms with Crippen LogP contribution in [0.1, 0.15) is 47.2 Å². The summed E-state index contributed by atoms with van der Waals surface area (Å²) in [4.78, 5) is 26.3. The van der Waals surface area contributed by atoms with Crippen molar-refractivity contribution in [3.8, 4) is 0 Å². The molecule has 0 saturated carbocycles. The molecule has 5 nitrogen and oxygen atoms in total. The van der Waals surface area contributed by atoms with E-state index in [2.05, 4.69) is 28.8 Å². The molecule has 2 aliphatic heterocycles. The second kappa shape index (κ2) is 7.37. The number of benzene rings is 2. The molecule has 0 aliphatic carbocycles. The van der Waals surface area contributed by atoms with Crippen LogP contribution < -0.4 is 10.6 Å². The number of nitrogens with one attached hydrogen (secondary N) is 2. The van der Waals surface area contributed by atoms with Gasteiger partial charge in [-0.1, -0.05) is 42.5 Å². The lowest BCUT2D eigenvalue weighted by Gasteiger charge is -2.32. The number of hydrogen-bond acceptors (Lipinski definition) is 3. The molecule has 2 heterocycles. The number of amides is 2. The van der Waals surface area contributed by atoms with Gasteiger partial charge in [-0.05, 0) is 33.9 Å². The maximum atomic E-state index is 12.6. The Morgan fingerprint density at radius 2 is 1.96 bits per heavy atom. The molecule has 0 radical (unpaired) electrons. The van der Waals surface area contributed by atoms with E-state index >= 15 is 0 Å². The van der Waals surface area contributed by atoms with E-state index in [0.717, 1.165) is 29.8 Å². The Kier molecular flexibility index (Phi) is 4.77. The summed E-state index contributed by atoms with van der Waals surface area (Å²) >= 11 is 0. The standard InChI is InChI=1S/C22H23N3O2/c1-15(26)25-9-8-17-4-2-3-5-20(17)21(25)11-22(27)24-12-16-6-7-18-13-23-14-19(18)10-16/h2-10,21,23H,11-14H2,1H3,(H,24,27). The zero-order valence-corrected chi connectivity index (χ0v) is 15.4. The Labute approximate surface area is 159 Å². The molecule has 4 rings (SSSR count). The van der Waals surface area contributed by atoms with Gasteiger partial charge >= 0.3 is 0 Å². The van der Waals surface area contributed by atoms with E-state index in [1.807, 2.05) is 30.3 Å². The molecule has 5 heteroatoms. The van der Waals surface area contributed by atoms with E-state index in [4.69, 9.17) is 0 Å². The highest BCUT2D eigenvalue weighted by Gasteiger charge is 2.28. The summed E-state index contributed by atoms with van der Waals surface area (Å²) in [6, 6.07) is 14.0. The van der Waals surface area contributed by atoms with Crippen LogP contribution in [0.15, 0.2) is 48.7 Å². The van der Waals surface area contributed by atoms with Crippen LogP contribution in [0.2, 0.25) is 0 Å². The van der Waals surface area contributed by atoms with E-state index in [1.165, 1.54) is 18.1 Å². The number of rotatable bonds is 4. The summed E-state index contributed by atoms with van der Waals surface area (Å²) in [7, 11) is 0. The topological polar surface area (TPSA) is 61.4 Å². The van der Waals surface area contributed by atoms with Gasteiger partial charge in [-0.15, -0.1) is 0 Å². The fraction of sp³-hybridized carbons (Fsp3) is 0.273. The number of fused-ring (bicyclic) bond motifs is 2. The van der Waals surface area contributed by atoms with Crippen LogP contribution in [0.5, 0.6) is 0 Å². The first-order valence-corrected chi connectivity index (χ1v) is 9.26. The van der Waals surface area contributed by atoms with Crippen LogP contribution in [-0.4, -0.2) is 16.7 Å². The molecule has 2 aliphatic rings. The molecule has 2 N–H and O–H groups in total. The van der Waals surface area contributed by atoms with Crippen LogP contribution >= 0.6 is 0 Å². The van der Waals surface area contributed by atoms with Crippen LogP contribution in [0.4, 0.5) is 0 Å². The molecule has 2 aromatic rings. The molecule has 1 unspecified atom stereocenters. The molecule has 0 bridgehead atoms. The third kappa shape index (κ3) is 3.64.